The molecule has 19 heavy (non-hydrogen) atoms. The molecule has 0 radical (unpaired) electrons. The number of nitrogens with one attached hydrogen (secondary N) is 1. The molecule has 0 fully saturated rings. The average molecular weight is 318 g/mol. The van der Waals surface area contributed by atoms with E-state index < -0.39 is 10.8 Å². The van der Waals surface area contributed by atoms with Gasteiger partial charge in [-0.1, -0.05) is 24.0 Å². The van der Waals surface area contributed by atoms with Crippen molar-refractivity contribution in [1.82, 2.24) is 5.32 Å². The van der Waals surface area contributed by atoms with E-state index in [2.05, 4.69) is 5.32 Å². The Morgan fingerprint density at radius 3 is 2.63 bits per heavy atom. The van der Waals surface area contributed by atoms with Gasteiger partial charge in [-0.15, -0.1) is 0 Å². The third-order valence-corrected chi connectivity index (χ3v) is 4.49. The Balaban J connectivity index is 2.21. The summed E-state index contributed by atoms with van der Waals surface area (Å²) in [5.74, 6) is 1.61. The molecule has 1 N–H and O–H groups in total. The Morgan fingerprint density at radius 1 is 1.37 bits per heavy atom. The van der Waals surface area contributed by atoms with E-state index in [1.54, 1.807) is 13.4 Å². The van der Waals surface area contributed by atoms with Crippen LogP contribution < -0.4 is 10.1 Å². The van der Waals surface area contributed by atoms with E-state index in [1.807, 2.05) is 24.3 Å². The van der Waals surface area contributed by atoms with Crippen LogP contribution in [-0.2, 0) is 10.8 Å². The second-order valence-corrected chi connectivity index (χ2v) is 7.28. The highest BCUT2D eigenvalue weighted by atomic mass is 32.2. The summed E-state index contributed by atoms with van der Waals surface area (Å²) in [7, 11) is 0.958. The monoisotopic (exact) mass is 317 g/mol. The maximum atomic E-state index is 10.9. The van der Waals surface area contributed by atoms with Gasteiger partial charge in [-0.05, 0) is 37.1 Å². The van der Waals surface area contributed by atoms with Crippen molar-refractivity contribution in [3.63, 3.8) is 0 Å². The van der Waals surface area contributed by atoms with Crippen molar-refractivity contribution in [2.75, 3.05) is 25.7 Å². The Hall–Kier alpha value is -0.590. The van der Waals surface area contributed by atoms with Gasteiger partial charge in [0.05, 0.1) is 7.11 Å². The molecule has 0 aliphatic rings. The first-order chi connectivity index (χ1) is 9.11. The van der Waals surface area contributed by atoms with Crippen molar-refractivity contribution < 1.29 is 8.95 Å². The van der Waals surface area contributed by atoms with Crippen LogP contribution in [-0.4, -0.2) is 34.2 Å². The van der Waals surface area contributed by atoms with Crippen LogP contribution in [0.15, 0.2) is 29.2 Å². The third-order valence-electron chi connectivity index (χ3n) is 2.40. The minimum absolute atomic E-state index is 0.692. The summed E-state index contributed by atoms with van der Waals surface area (Å²) in [6.07, 6.45) is 3.69. The summed E-state index contributed by atoms with van der Waals surface area (Å²) in [6, 6.07) is 7.80. The molecular weight excluding hydrogens is 298 g/mol. The van der Waals surface area contributed by atoms with Gasteiger partial charge in [-0.2, -0.15) is 0 Å². The fraction of sp³-hybridized carbons (Fsp3) is 0.462. The highest BCUT2D eigenvalue weighted by Crippen LogP contribution is 2.21. The van der Waals surface area contributed by atoms with Crippen LogP contribution in [0.1, 0.15) is 12.8 Å². The maximum Gasteiger partial charge on any atom is 0.138 e. The van der Waals surface area contributed by atoms with Crippen molar-refractivity contribution in [1.29, 1.82) is 0 Å². The first-order valence-electron chi connectivity index (χ1n) is 6.01. The van der Waals surface area contributed by atoms with Gasteiger partial charge < -0.3 is 10.1 Å². The smallest absolute Gasteiger partial charge is 0.138 e. The van der Waals surface area contributed by atoms with Crippen LogP contribution in [0.25, 0.3) is 0 Å². The lowest BCUT2D eigenvalue weighted by atomic mass is 10.3. The predicted octanol–water partition coefficient (Wildman–Crippen LogP) is 2.82. The number of thiocarbonyl (C=S) groups is 1. The lowest BCUT2D eigenvalue weighted by molar-refractivity contribution is 0.414. The molecule has 0 aliphatic heterocycles. The molecule has 0 saturated carbocycles. The molecule has 1 unspecified atom stereocenters. The fourth-order valence-corrected chi connectivity index (χ4v) is 3.07. The minimum Gasteiger partial charge on any atom is -0.497 e. The fourth-order valence-electron chi connectivity index (χ4n) is 1.41. The molecule has 6 heteroatoms. The number of hydrogen-bond donors (Lipinski definition) is 1. The summed E-state index contributed by atoms with van der Waals surface area (Å²) in [5, 5.41) is 3.20. The quantitative estimate of drug-likeness (QED) is 0.475. The Morgan fingerprint density at radius 2 is 2.05 bits per heavy atom. The van der Waals surface area contributed by atoms with Crippen LogP contribution >= 0.6 is 24.0 Å². The van der Waals surface area contributed by atoms with E-state index >= 15 is 0 Å². The zero-order chi connectivity index (χ0) is 14.1. The molecule has 0 bridgehead atoms. The topological polar surface area (TPSA) is 38.3 Å². The van der Waals surface area contributed by atoms with E-state index in [-0.39, 0.29) is 0 Å². The third kappa shape index (κ3) is 7.54. The first kappa shape index (κ1) is 16.5. The van der Waals surface area contributed by atoms with Gasteiger partial charge in [0.15, 0.2) is 0 Å². The van der Waals surface area contributed by atoms with Gasteiger partial charge in [-0.3, -0.25) is 4.21 Å². The van der Waals surface area contributed by atoms with Crippen molar-refractivity contribution in [2.24, 2.45) is 0 Å². The average Bonchev–Trinajstić information content (AvgIpc) is 2.39. The van der Waals surface area contributed by atoms with E-state index in [0.717, 1.165) is 40.1 Å². The largest absolute Gasteiger partial charge is 0.497 e. The molecule has 0 aliphatic carbocycles. The zero-order valence-electron chi connectivity index (χ0n) is 11.2. The molecule has 0 aromatic heterocycles. The van der Waals surface area contributed by atoms with E-state index in [9.17, 15) is 4.21 Å². The highest BCUT2D eigenvalue weighted by molar-refractivity contribution is 8.23. The van der Waals surface area contributed by atoms with Gasteiger partial charge in [0.2, 0.25) is 0 Å². The van der Waals surface area contributed by atoms with Gasteiger partial charge in [0.25, 0.3) is 0 Å². The van der Waals surface area contributed by atoms with Gasteiger partial charge in [-0.25, -0.2) is 0 Å². The lowest BCUT2D eigenvalue weighted by Gasteiger charge is -2.07. The zero-order valence-corrected chi connectivity index (χ0v) is 13.6. The van der Waals surface area contributed by atoms with Crippen molar-refractivity contribution >= 4 is 39.1 Å². The molecular formula is C13H19NO2S3. The summed E-state index contributed by atoms with van der Waals surface area (Å²) in [4.78, 5) is 1.09. The number of benzene rings is 1. The Labute approximate surface area is 127 Å². The molecule has 1 aromatic carbocycles. The van der Waals surface area contributed by atoms with E-state index in [4.69, 9.17) is 17.0 Å². The second-order valence-electron chi connectivity index (χ2n) is 3.98. The standard InChI is InChI=1S/C13H19NO2S3/c1-16-11-5-7-12(8-6-11)18-13(17)14-9-3-4-10-19(2)15/h5-8H,3-4,9-10H2,1-2H3,(H,14,17). The number of hydrogen-bond acceptors (Lipinski definition) is 4. The normalized spacial score (nSPS) is 11.9. The van der Waals surface area contributed by atoms with Crippen LogP contribution in [0, 0.1) is 0 Å². The van der Waals surface area contributed by atoms with Gasteiger partial charge in [0, 0.05) is 34.2 Å². The molecule has 0 heterocycles. The Kier molecular flexibility index (Phi) is 8.09. The molecule has 0 spiro atoms. The summed E-state index contributed by atoms with van der Waals surface area (Å²) in [6.45, 7) is 0.833. The van der Waals surface area contributed by atoms with Crippen molar-refractivity contribution in [3.05, 3.63) is 24.3 Å². The summed E-state index contributed by atoms with van der Waals surface area (Å²) >= 11 is 6.79. The molecule has 3 nitrogen and oxygen atoms in total. The molecule has 1 atom stereocenters. The number of thioether (sulfide) groups is 1. The van der Waals surface area contributed by atoms with Crippen LogP contribution in [0.3, 0.4) is 0 Å². The van der Waals surface area contributed by atoms with Crippen LogP contribution in [0.2, 0.25) is 0 Å². The molecule has 0 amide bonds. The highest BCUT2D eigenvalue weighted by Gasteiger charge is 2.00. The van der Waals surface area contributed by atoms with Gasteiger partial charge >= 0.3 is 0 Å². The van der Waals surface area contributed by atoms with E-state index in [0.29, 0.717) is 0 Å². The van der Waals surface area contributed by atoms with Gasteiger partial charge in [0.1, 0.15) is 10.1 Å². The maximum absolute atomic E-state index is 10.9. The number of ether oxygens (including phenoxy) is 1. The summed E-state index contributed by atoms with van der Waals surface area (Å²) < 4.78 is 16.8. The predicted molar refractivity (Wildman–Crippen MR) is 87.6 cm³/mol. The minimum atomic E-state index is -0.692. The number of rotatable bonds is 7. The molecule has 0 saturated heterocycles. The van der Waals surface area contributed by atoms with Crippen LogP contribution in [0.5, 0.6) is 5.75 Å². The number of methoxy groups -OCH3 is 1. The lowest BCUT2D eigenvalue weighted by Crippen LogP contribution is -2.19. The van der Waals surface area contributed by atoms with Crippen molar-refractivity contribution in [3.8, 4) is 5.75 Å². The van der Waals surface area contributed by atoms with E-state index in [1.165, 1.54) is 11.8 Å². The summed E-state index contributed by atoms with van der Waals surface area (Å²) in [5.41, 5.74) is 0. The second kappa shape index (κ2) is 9.34. The molecule has 1 rings (SSSR count). The Bertz CT molecular complexity index is 420. The first-order valence-corrected chi connectivity index (χ1v) is 8.97. The van der Waals surface area contributed by atoms with Crippen LogP contribution in [0.4, 0.5) is 0 Å². The number of unbranched alkanes of at least 4 members (excludes halogenated alkanes) is 1. The van der Waals surface area contributed by atoms with Crippen molar-refractivity contribution in [2.45, 2.75) is 17.7 Å². The SMILES string of the molecule is COc1ccc(SC(=S)NCCCCS(C)=O)cc1. The molecule has 1 aromatic rings. The molecule has 106 valence electrons.